The standard InChI is InChI=1S/C13H13ClN2O2S/c1-9-8-13(10(2)7-12(9)14)19(17,18)16-11-3-5-15-6-4-11/h3-8H,1-2H3,(H,15,16). The molecule has 6 heteroatoms. The Morgan fingerprint density at radius 2 is 1.74 bits per heavy atom. The Bertz CT molecular complexity index is 700. The van der Waals surface area contributed by atoms with E-state index in [0.29, 0.717) is 16.3 Å². The predicted molar refractivity (Wildman–Crippen MR) is 76.0 cm³/mol. The molecule has 0 radical (unpaired) electrons. The number of sulfonamides is 1. The molecule has 4 nitrogen and oxygen atoms in total. The zero-order valence-electron chi connectivity index (χ0n) is 10.5. The molecule has 0 unspecified atom stereocenters. The Hall–Kier alpha value is -1.59. The van der Waals surface area contributed by atoms with E-state index in [2.05, 4.69) is 9.71 Å². The second kappa shape index (κ2) is 5.19. The number of pyridine rings is 1. The van der Waals surface area contributed by atoms with Gasteiger partial charge in [0, 0.05) is 17.4 Å². The van der Waals surface area contributed by atoms with Crippen molar-refractivity contribution in [2.24, 2.45) is 0 Å². The third-order valence-corrected chi connectivity index (χ3v) is 4.61. The Morgan fingerprint density at radius 1 is 1.11 bits per heavy atom. The lowest BCUT2D eigenvalue weighted by Crippen LogP contribution is -2.14. The highest BCUT2D eigenvalue weighted by Gasteiger charge is 2.18. The van der Waals surface area contributed by atoms with Crippen molar-refractivity contribution < 1.29 is 8.42 Å². The van der Waals surface area contributed by atoms with Crippen LogP contribution in [0.2, 0.25) is 5.02 Å². The van der Waals surface area contributed by atoms with Crippen molar-refractivity contribution in [2.75, 3.05) is 4.72 Å². The average molecular weight is 297 g/mol. The van der Waals surface area contributed by atoms with Gasteiger partial charge in [-0.3, -0.25) is 9.71 Å². The number of hydrogen-bond donors (Lipinski definition) is 1. The Kier molecular flexibility index (Phi) is 3.78. The van der Waals surface area contributed by atoms with Crippen LogP contribution in [0.4, 0.5) is 5.69 Å². The fourth-order valence-corrected chi connectivity index (χ4v) is 3.26. The number of hydrogen-bond acceptors (Lipinski definition) is 3. The van der Waals surface area contributed by atoms with Crippen LogP contribution < -0.4 is 4.72 Å². The van der Waals surface area contributed by atoms with Crippen molar-refractivity contribution in [3.05, 3.63) is 52.8 Å². The summed E-state index contributed by atoms with van der Waals surface area (Å²) in [6.45, 7) is 3.49. The number of nitrogens with one attached hydrogen (secondary N) is 1. The van der Waals surface area contributed by atoms with Crippen LogP contribution in [0, 0.1) is 13.8 Å². The molecule has 0 bridgehead atoms. The van der Waals surface area contributed by atoms with E-state index in [4.69, 9.17) is 11.6 Å². The maximum absolute atomic E-state index is 12.3. The molecule has 2 aromatic rings. The van der Waals surface area contributed by atoms with Gasteiger partial charge in [0.2, 0.25) is 0 Å². The molecule has 0 saturated carbocycles. The third kappa shape index (κ3) is 3.05. The minimum Gasteiger partial charge on any atom is -0.280 e. The van der Waals surface area contributed by atoms with Gasteiger partial charge in [0.05, 0.1) is 10.6 Å². The number of anilines is 1. The highest BCUT2D eigenvalue weighted by atomic mass is 35.5. The number of nitrogens with zero attached hydrogens (tertiary/aromatic N) is 1. The second-order valence-electron chi connectivity index (χ2n) is 4.21. The first-order chi connectivity index (χ1) is 8.90. The Labute approximate surface area is 117 Å². The lowest BCUT2D eigenvalue weighted by atomic mass is 10.2. The summed E-state index contributed by atoms with van der Waals surface area (Å²) < 4.78 is 27.1. The first kappa shape index (κ1) is 13.8. The molecule has 0 aliphatic rings. The molecule has 1 aromatic carbocycles. The minimum atomic E-state index is -3.62. The van der Waals surface area contributed by atoms with Crippen LogP contribution in [0.3, 0.4) is 0 Å². The van der Waals surface area contributed by atoms with Gasteiger partial charge in [0.1, 0.15) is 0 Å². The SMILES string of the molecule is Cc1cc(S(=O)(=O)Nc2ccncc2)c(C)cc1Cl. The van der Waals surface area contributed by atoms with Gasteiger partial charge in [-0.15, -0.1) is 0 Å². The topological polar surface area (TPSA) is 59.1 Å². The zero-order chi connectivity index (χ0) is 14.0. The van der Waals surface area contributed by atoms with Crippen molar-refractivity contribution >= 4 is 27.3 Å². The number of benzene rings is 1. The largest absolute Gasteiger partial charge is 0.280 e. The summed E-state index contributed by atoms with van der Waals surface area (Å²) in [7, 11) is -3.62. The summed E-state index contributed by atoms with van der Waals surface area (Å²) >= 11 is 5.97. The smallest absolute Gasteiger partial charge is 0.262 e. The molecule has 1 N–H and O–H groups in total. The first-order valence-corrected chi connectivity index (χ1v) is 7.46. The van der Waals surface area contributed by atoms with E-state index in [0.717, 1.165) is 5.56 Å². The normalized spacial score (nSPS) is 11.3. The van der Waals surface area contributed by atoms with Crippen LogP contribution in [-0.2, 0) is 10.0 Å². The highest BCUT2D eigenvalue weighted by molar-refractivity contribution is 7.92. The van der Waals surface area contributed by atoms with Crippen LogP contribution in [0.15, 0.2) is 41.6 Å². The highest BCUT2D eigenvalue weighted by Crippen LogP contribution is 2.25. The second-order valence-corrected chi connectivity index (χ2v) is 6.27. The summed E-state index contributed by atoms with van der Waals surface area (Å²) in [5, 5.41) is 0.556. The van der Waals surface area contributed by atoms with Crippen LogP contribution >= 0.6 is 11.6 Å². The first-order valence-electron chi connectivity index (χ1n) is 5.60. The van der Waals surface area contributed by atoms with Gasteiger partial charge < -0.3 is 0 Å². The molecule has 0 aliphatic heterocycles. The zero-order valence-corrected chi connectivity index (χ0v) is 12.1. The number of aryl methyl sites for hydroxylation is 2. The molecular weight excluding hydrogens is 284 g/mol. The van der Waals surface area contributed by atoms with Crippen molar-refractivity contribution in [3.8, 4) is 0 Å². The monoisotopic (exact) mass is 296 g/mol. The van der Waals surface area contributed by atoms with E-state index >= 15 is 0 Å². The summed E-state index contributed by atoms with van der Waals surface area (Å²) in [5.41, 5.74) is 1.81. The lowest BCUT2D eigenvalue weighted by Gasteiger charge is -2.11. The number of aromatic nitrogens is 1. The molecule has 1 heterocycles. The molecule has 0 atom stereocenters. The predicted octanol–water partition coefficient (Wildman–Crippen LogP) is 3.15. The summed E-state index contributed by atoms with van der Waals surface area (Å²) in [5.74, 6) is 0. The molecule has 0 amide bonds. The molecule has 0 aliphatic carbocycles. The quantitative estimate of drug-likeness (QED) is 0.946. The van der Waals surface area contributed by atoms with Crippen LogP contribution in [0.5, 0.6) is 0 Å². The summed E-state index contributed by atoms with van der Waals surface area (Å²) in [6.07, 6.45) is 3.05. The average Bonchev–Trinajstić information content (AvgIpc) is 2.34. The van der Waals surface area contributed by atoms with E-state index in [1.165, 1.54) is 12.4 Å². The van der Waals surface area contributed by atoms with Crippen molar-refractivity contribution in [2.45, 2.75) is 18.7 Å². The summed E-state index contributed by atoms with van der Waals surface area (Å²) in [6, 6.07) is 6.41. The van der Waals surface area contributed by atoms with Gasteiger partial charge in [-0.25, -0.2) is 8.42 Å². The van der Waals surface area contributed by atoms with E-state index in [-0.39, 0.29) is 4.90 Å². The minimum absolute atomic E-state index is 0.228. The van der Waals surface area contributed by atoms with E-state index in [9.17, 15) is 8.42 Å². The van der Waals surface area contributed by atoms with Gasteiger partial charge in [-0.2, -0.15) is 0 Å². The molecule has 0 saturated heterocycles. The van der Waals surface area contributed by atoms with E-state index < -0.39 is 10.0 Å². The van der Waals surface area contributed by atoms with E-state index in [1.807, 2.05) is 0 Å². The number of rotatable bonds is 3. The number of halogens is 1. The maximum Gasteiger partial charge on any atom is 0.262 e. The van der Waals surface area contributed by atoms with Crippen molar-refractivity contribution in [1.29, 1.82) is 0 Å². The molecule has 2 rings (SSSR count). The third-order valence-electron chi connectivity index (χ3n) is 2.68. The molecule has 0 fully saturated rings. The maximum atomic E-state index is 12.3. The lowest BCUT2D eigenvalue weighted by molar-refractivity contribution is 0.600. The van der Waals surface area contributed by atoms with Crippen LogP contribution in [-0.4, -0.2) is 13.4 Å². The molecular formula is C13H13ClN2O2S. The van der Waals surface area contributed by atoms with Crippen LogP contribution in [0.25, 0.3) is 0 Å². The fraction of sp³-hybridized carbons (Fsp3) is 0.154. The van der Waals surface area contributed by atoms with Crippen molar-refractivity contribution in [3.63, 3.8) is 0 Å². The van der Waals surface area contributed by atoms with Gasteiger partial charge in [0.25, 0.3) is 10.0 Å². The molecule has 0 spiro atoms. The van der Waals surface area contributed by atoms with Gasteiger partial charge >= 0.3 is 0 Å². The van der Waals surface area contributed by atoms with Crippen LogP contribution in [0.1, 0.15) is 11.1 Å². The summed E-state index contributed by atoms with van der Waals surface area (Å²) in [4.78, 5) is 4.07. The van der Waals surface area contributed by atoms with E-state index in [1.54, 1.807) is 38.1 Å². The van der Waals surface area contributed by atoms with Gasteiger partial charge in [0.15, 0.2) is 0 Å². The fourth-order valence-electron chi connectivity index (χ4n) is 1.67. The Morgan fingerprint density at radius 3 is 2.37 bits per heavy atom. The van der Waals surface area contributed by atoms with Crippen molar-refractivity contribution in [1.82, 2.24) is 4.98 Å². The molecule has 1 aromatic heterocycles. The molecule has 19 heavy (non-hydrogen) atoms. The molecule has 100 valence electrons. The van der Waals surface area contributed by atoms with Gasteiger partial charge in [-0.05, 0) is 49.2 Å². The Balaban J connectivity index is 2.43. The van der Waals surface area contributed by atoms with Gasteiger partial charge in [-0.1, -0.05) is 11.6 Å².